The zero-order valence-electron chi connectivity index (χ0n) is 11.8. The Morgan fingerprint density at radius 2 is 2.00 bits per heavy atom. The Morgan fingerprint density at radius 3 is 2.71 bits per heavy atom. The summed E-state index contributed by atoms with van der Waals surface area (Å²) in [5, 5.41) is 12.1. The lowest BCUT2D eigenvalue weighted by Crippen LogP contribution is -2.37. The van der Waals surface area contributed by atoms with Gasteiger partial charge in [-0.05, 0) is 38.2 Å². The topological polar surface area (TPSA) is 72.9 Å². The van der Waals surface area contributed by atoms with Crippen LogP contribution in [0, 0.1) is 0 Å². The van der Waals surface area contributed by atoms with Crippen LogP contribution in [0.4, 0.5) is 10.5 Å². The predicted molar refractivity (Wildman–Crippen MR) is 81.1 cm³/mol. The van der Waals surface area contributed by atoms with E-state index in [9.17, 15) is 9.59 Å². The fraction of sp³-hybridized carbons (Fsp3) is 0.429. The van der Waals surface area contributed by atoms with Gasteiger partial charge in [-0.2, -0.15) is 0 Å². The maximum Gasteiger partial charge on any atom is 0.337 e. The van der Waals surface area contributed by atoms with E-state index >= 15 is 0 Å². The van der Waals surface area contributed by atoms with Crippen molar-refractivity contribution in [1.82, 2.24) is 9.80 Å². The van der Waals surface area contributed by atoms with Crippen LogP contribution >= 0.6 is 11.6 Å². The Bertz CT molecular complexity index is 550. The molecule has 6 nitrogen and oxygen atoms in total. The molecule has 1 saturated heterocycles. The highest BCUT2D eigenvalue weighted by molar-refractivity contribution is 6.31. The van der Waals surface area contributed by atoms with Gasteiger partial charge in [0, 0.05) is 24.7 Å². The Morgan fingerprint density at radius 1 is 1.24 bits per heavy atom. The third kappa shape index (κ3) is 4.09. The molecule has 1 aromatic carbocycles. The quantitative estimate of drug-likeness (QED) is 0.878. The minimum absolute atomic E-state index is 0.0113. The van der Waals surface area contributed by atoms with Crippen LogP contribution in [0.25, 0.3) is 0 Å². The van der Waals surface area contributed by atoms with Gasteiger partial charge in [-0.25, -0.2) is 9.59 Å². The summed E-state index contributed by atoms with van der Waals surface area (Å²) in [6.07, 6.45) is 0.899. The summed E-state index contributed by atoms with van der Waals surface area (Å²) in [5.41, 5.74) is 0.247. The number of halogens is 1. The van der Waals surface area contributed by atoms with Gasteiger partial charge in [-0.1, -0.05) is 11.6 Å². The summed E-state index contributed by atoms with van der Waals surface area (Å²) in [6, 6.07) is 4.11. The van der Waals surface area contributed by atoms with Crippen LogP contribution in [0.5, 0.6) is 0 Å². The van der Waals surface area contributed by atoms with Gasteiger partial charge in [0.05, 0.1) is 11.3 Å². The number of nitrogens with one attached hydrogen (secondary N) is 1. The molecule has 2 N–H and O–H groups in total. The smallest absolute Gasteiger partial charge is 0.337 e. The Kier molecular flexibility index (Phi) is 5.03. The summed E-state index contributed by atoms with van der Waals surface area (Å²) < 4.78 is 0. The number of carboxylic acids is 1. The van der Waals surface area contributed by atoms with Crippen LogP contribution in [0.15, 0.2) is 18.2 Å². The first kappa shape index (κ1) is 15.6. The highest BCUT2D eigenvalue weighted by Crippen LogP contribution is 2.21. The standard InChI is InChI=1S/C14H18ClN3O3/c1-17-5-2-6-18(8-7-17)14(21)16-12-4-3-10(15)9-11(12)13(19)20/h3-4,9H,2,5-8H2,1H3,(H,16,21)(H,19,20). The fourth-order valence-electron chi connectivity index (χ4n) is 2.25. The van der Waals surface area contributed by atoms with E-state index in [-0.39, 0.29) is 17.3 Å². The van der Waals surface area contributed by atoms with Gasteiger partial charge in [0.15, 0.2) is 0 Å². The normalized spacial score (nSPS) is 16.4. The SMILES string of the molecule is CN1CCCN(C(=O)Nc2ccc(Cl)cc2C(=O)O)CC1. The van der Waals surface area contributed by atoms with Crippen molar-refractivity contribution in [3.8, 4) is 0 Å². The minimum atomic E-state index is -1.12. The summed E-state index contributed by atoms with van der Waals surface area (Å²) in [6.45, 7) is 3.04. The van der Waals surface area contributed by atoms with E-state index in [2.05, 4.69) is 10.2 Å². The molecule has 0 aliphatic carbocycles. The summed E-state index contributed by atoms with van der Waals surface area (Å²) >= 11 is 5.79. The number of hydrogen-bond acceptors (Lipinski definition) is 3. The van der Waals surface area contributed by atoms with Crippen molar-refractivity contribution in [3.05, 3.63) is 28.8 Å². The Labute approximate surface area is 128 Å². The molecular formula is C14H18ClN3O3. The van der Waals surface area contributed by atoms with Crippen LogP contribution in [-0.4, -0.2) is 60.1 Å². The van der Waals surface area contributed by atoms with E-state index in [0.29, 0.717) is 18.1 Å². The second-order valence-electron chi connectivity index (χ2n) is 5.07. The number of hydrogen-bond donors (Lipinski definition) is 2. The lowest BCUT2D eigenvalue weighted by molar-refractivity contribution is 0.0698. The molecule has 0 unspecified atom stereocenters. The van der Waals surface area contributed by atoms with Gasteiger partial charge in [0.25, 0.3) is 0 Å². The molecule has 1 fully saturated rings. The van der Waals surface area contributed by atoms with Gasteiger partial charge in [0.1, 0.15) is 0 Å². The van der Waals surface area contributed by atoms with Crippen LogP contribution in [0.1, 0.15) is 16.8 Å². The van der Waals surface area contributed by atoms with Crippen molar-refractivity contribution in [2.24, 2.45) is 0 Å². The Balaban J connectivity index is 2.10. The van der Waals surface area contributed by atoms with Gasteiger partial charge in [-0.3, -0.25) is 0 Å². The molecule has 0 bridgehead atoms. The number of carbonyl (C=O) groups is 2. The number of anilines is 1. The van der Waals surface area contributed by atoms with Crippen LogP contribution in [-0.2, 0) is 0 Å². The molecule has 1 heterocycles. The van der Waals surface area contributed by atoms with Gasteiger partial charge >= 0.3 is 12.0 Å². The number of carbonyl (C=O) groups excluding carboxylic acids is 1. The zero-order chi connectivity index (χ0) is 15.4. The van der Waals surface area contributed by atoms with Crippen molar-refractivity contribution in [2.45, 2.75) is 6.42 Å². The van der Waals surface area contributed by atoms with Gasteiger partial charge in [-0.15, -0.1) is 0 Å². The second kappa shape index (κ2) is 6.78. The molecule has 1 aliphatic heterocycles. The van der Waals surface area contributed by atoms with Gasteiger partial charge in [0.2, 0.25) is 0 Å². The van der Waals surface area contributed by atoms with Crippen molar-refractivity contribution in [2.75, 3.05) is 38.5 Å². The second-order valence-corrected chi connectivity index (χ2v) is 5.51. The largest absolute Gasteiger partial charge is 0.478 e. The number of benzene rings is 1. The molecule has 114 valence electrons. The fourth-order valence-corrected chi connectivity index (χ4v) is 2.42. The van der Waals surface area contributed by atoms with Crippen LogP contribution < -0.4 is 5.32 Å². The van der Waals surface area contributed by atoms with Crippen molar-refractivity contribution < 1.29 is 14.7 Å². The van der Waals surface area contributed by atoms with Crippen LogP contribution in [0.2, 0.25) is 5.02 Å². The lowest BCUT2D eigenvalue weighted by Gasteiger charge is -2.21. The molecule has 0 saturated carbocycles. The summed E-state index contributed by atoms with van der Waals surface area (Å²) in [4.78, 5) is 27.3. The number of rotatable bonds is 2. The maximum absolute atomic E-state index is 12.3. The highest BCUT2D eigenvalue weighted by atomic mass is 35.5. The van der Waals surface area contributed by atoms with Gasteiger partial charge < -0.3 is 20.2 Å². The molecule has 1 aromatic rings. The molecular weight excluding hydrogens is 294 g/mol. The molecule has 0 atom stereocenters. The Hall–Kier alpha value is -1.79. The predicted octanol–water partition coefficient (Wildman–Crippen LogP) is 2.21. The first-order valence-corrected chi connectivity index (χ1v) is 7.12. The number of likely N-dealkylation sites (N-methyl/N-ethyl adjacent to an activating group) is 1. The first-order chi connectivity index (χ1) is 9.97. The van der Waals surface area contributed by atoms with E-state index in [1.165, 1.54) is 12.1 Å². The molecule has 0 radical (unpaired) electrons. The maximum atomic E-state index is 12.3. The summed E-state index contributed by atoms with van der Waals surface area (Å²) in [5.74, 6) is -1.12. The molecule has 1 aliphatic rings. The van der Waals surface area contributed by atoms with E-state index < -0.39 is 5.97 Å². The monoisotopic (exact) mass is 311 g/mol. The number of urea groups is 1. The average molecular weight is 312 g/mol. The van der Waals surface area contributed by atoms with E-state index in [0.717, 1.165) is 19.5 Å². The summed E-state index contributed by atoms with van der Waals surface area (Å²) in [7, 11) is 2.02. The third-order valence-electron chi connectivity index (χ3n) is 3.46. The molecule has 0 aromatic heterocycles. The molecule has 0 spiro atoms. The van der Waals surface area contributed by atoms with Crippen molar-refractivity contribution in [1.29, 1.82) is 0 Å². The molecule has 2 amide bonds. The number of amides is 2. The number of carboxylic acid groups (broad SMARTS) is 1. The molecule has 2 rings (SSSR count). The third-order valence-corrected chi connectivity index (χ3v) is 3.70. The molecule has 21 heavy (non-hydrogen) atoms. The van der Waals surface area contributed by atoms with E-state index in [1.807, 2.05) is 7.05 Å². The van der Waals surface area contributed by atoms with E-state index in [1.54, 1.807) is 11.0 Å². The lowest BCUT2D eigenvalue weighted by atomic mass is 10.2. The molecule has 7 heteroatoms. The van der Waals surface area contributed by atoms with Crippen molar-refractivity contribution in [3.63, 3.8) is 0 Å². The average Bonchev–Trinajstić information content (AvgIpc) is 2.65. The number of aromatic carboxylic acids is 1. The minimum Gasteiger partial charge on any atom is -0.478 e. The number of nitrogens with zero attached hydrogens (tertiary/aromatic N) is 2. The first-order valence-electron chi connectivity index (χ1n) is 6.74. The van der Waals surface area contributed by atoms with Crippen LogP contribution in [0.3, 0.4) is 0 Å². The zero-order valence-corrected chi connectivity index (χ0v) is 12.6. The van der Waals surface area contributed by atoms with Crippen molar-refractivity contribution >= 4 is 29.3 Å². The highest BCUT2D eigenvalue weighted by Gasteiger charge is 2.19. The van der Waals surface area contributed by atoms with E-state index in [4.69, 9.17) is 16.7 Å².